The average Bonchev–Trinajstić information content (AvgIpc) is 3.45. The van der Waals surface area contributed by atoms with Gasteiger partial charge < -0.3 is 30.9 Å². The van der Waals surface area contributed by atoms with E-state index in [1.807, 2.05) is 28.9 Å². The maximum atomic E-state index is 12.8. The molecule has 0 bridgehead atoms. The number of carboxylic acid groups (broad SMARTS) is 2. The van der Waals surface area contributed by atoms with E-state index in [0.717, 1.165) is 93.7 Å². The van der Waals surface area contributed by atoms with Gasteiger partial charge in [0.25, 0.3) is 11.9 Å². The van der Waals surface area contributed by atoms with E-state index in [-0.39, 0.29) is 18.3 Å². The van der Waals surface area contributed by atoms with Gasteiger partial charge in [0, 0.05) is 69.4 Å². The lowest BCUT2D eigenvalue weighted by atomic mass is 9.90. The number of halogens is 3. The molecule has 1 aliphatic carbocycles. The van der Waals surface area contributed by atoms with Crippen molar-refractivity contribution in [1.29, 1.82) is 0 Å². The molecule has 13 nitrogen and oxygen atoms in total. The van der Waals surface area contributed by atoms with Crippen molar-refractivity contribution in [3.63, 3.8) is 0 Å². The summed E-state index contributed by atoms with van der Waals surface area (Å²) < 4.78 is 44.6. The largest absolute Gasteiger partial charge is 0.573 e. The van der Waals surface area contributed by atoms with Gasteiger partial charge in [-0.2, -0.15) is 5.10 Å². The van der Waals surface area contributed by atoms with E-state index in [1.54, 1.807) is 12.1 Å². The van der Waals surface area contributed by atoms with E-state index < -0.39 is 18.3 Å². The third kappa shape index (κ3) is 10.8. The molecule has 1 aliphatic heterocycles. The average molecular weight is 701 g/mol. The second-order valence-corrected chi connectivity index (χ2v) is 12.2. The minimum absolute atomic E-state index is 0.167. The topological polar surface area (TPSA) is 172 Å². The van der Waals surface area contributed by atoms with Gasteiger partial charge >= 0.3 is 6.36 Å². The highest BCUT2D eigenvalue weighted by Crippen LogP contribution is 2.37. The summed E-state index contributed by atoms with van der Waals surface area (Å²) in [4.78, 5) is 31.9. The number of nitrogens with one attached hydrogen (secondary N) is 1. The maximum absolute atomic E-state index is 12.8. The number of hydrogen-bond acceptors (Lipinski definition) is 10. The Balaban J connectivity index is 0.000000637. The SMILES string of the molecule is CC(=O)O.CC(=O)O.CN1CCN(C2CCC(n3nc(-c4ccc(NCc5ccccc5OC(F)(F)F)cc4)c4c(N)ncnc43)CC2)CC1. The predicted octanol–water partition coefficient (Wildman–Crippen LogP) is 5.50. The molecule has 2 aromatic carbocycles. The van der Waals surface area contributed by atoms with Crippen molar-refractivity contribution in [2.45, 2.75) is 64.5 Å². The number of anilines is 2. The summed E-state index contributed by atoms with van der Waals surface area (Å²) in [5.41, 5.74) is 9.81. The number of nitrogens with zero attached hydrogens (tertiary/aromatic N) is 6. The van der Waals surface area contributed by atoms with Gasteiger partial charge in [0.1, 0.15) is 23.6 Å². The summed E-state index contributed by atoms with van der Waals surface area (Å²) in [5.74, 6) is -1.50. The van der Waals surface area contributed by atoms with E-state index in [0.29, 0.717) is 17.4 Å². The molecule has 2 aliphatic rings. The van der Waals surface area contributed by atoms with E-state index in [2.05, 4.69) is 36.9 Å². The second-order valence-electron chi connectivity index (χ2n) is 12.2. The van der Waals surface area contributed by atoms with Crippen LogP contribution in [0.5, 0.6) is 5.75 Å². The van der Waals surface area contributed by atoms with Crippen molar-refractivity contribution in [2.75, 3.05) is 44.3 Å². The standard InChI is InChI=1S/C30H35F3N8O.2C2H4O2/c1-39-14-16-40(17-15-39)23-10-12-24(13-11-23)41-29-26(28(34)36-19-37-29)27(38-41)20-6-8-22(9-7-20)35-18-21-4-2-3-5-25(21)42-30(31,32)33;2*1-2(3)4/h2-9,19,23-24,35H,10-18H2,1H3,(H2,34,36,37);2*1H3,(H,3,4). The molecule has 1 saturated carbocycles. The number of alkyl halides is 3. The number of fused-ring (bicyclic) bond motifs is 1. The van der Waals surface area contributed by atoms with E-state index in [1.165, 1.54) is 18.5 Å². The zero-order chi connectivity index (χ0) is 36.4. The molecular formula is C34H43F3N8O5. The van der Waals surface area contributed by atoms with Crippen molar-refractivity contribution in [2.24, 2.45) is 0 Å². The van der Waals surface area contributed by atoms with Crippen LogP contribution in [0.4, 0.5) is 24.7 Å². The molecule has 3 heterocycles. The van der Waals surface area contributed by atoms with Crippen molar-refractivity contribution < 1.29 is 37.7 Å². The lowest BCUT2D eigenvalue weighted by Gasteiger charge is -2.41. The fourth-order valence-corrected chi connectivity index (χ4v) is 6.12. The molecule has 5 N–H and O–H groups in total. The van der Waals surface area contributed by atoms with Gasteiger partial charge in [-0.3, -0.25) is 14.5 Å². The molecular weight excluding hydrogens is 657 g/mol. The van der Waals surface area contributed by atoms with Crippen LogP contribution >= 0.6 is 0 Å². The number of aromatic nitrogens is 4. The van der Waals surface area contributed by atoms with Crippen LogP contribution in [-0.2, 0) is 16.1 Å². The lowest BCUT2D eigenvalue weighted by Crippen LogP contribution is -2.49. The quantitative estimate of drug-likeness (QED) is 0.191. The maximum Gasteiger partial charge on any atom is 0.573 e. The Labute approximate surface area is 287 Å². The highest BCUT2D eigenvalue weighted by molar-refractivity contribution is 5.98. The molecule has 50 heavy (non-hydrogen) atoms. The minimum Gasteiger partial charge on any atom is -0.481 e. The molecule has 2 aromatic heterocycles. The Kier molecular flexibility index (Phi) is 13.0. The second kappa shape index (κ2) is 17.1. The molecule has 6 rings (SSSR count). The molecule has 0 unspecified atom stereocenters. The van der Waals surface area contributed by atoms with Gasteiger partial charge in [-0.15, -0.1) is 13.2 Å². The highest BCUT2D eigenvalue weighted by atomic mass is 19.4. The minimum atomic E-state index is -4.75. The summed E-state index contributed by atoms with van der Waals surface area (Å²) in [6, 6.07) is 14.5. The molecule has 270 valence electrons. The Morgan fingerprint density at radius 3 is 2.10 bits per heavy atom. The summed E-state index contributed by atoms with van der Waals surface area (Å²) in [6.45, 7) is 6.84. The summed E-state index contributed by atoms with van der Waals surface area (Å²) in [7, 11) is 2.18. The first-order chi connectivity index (χ1) is 23.7. The third-order valence-corrected chi connectivity index (χ3v) is 8.42. The van der Waals surface area contributed by atoms with Crippen LogP contribution < -0.4 is 15.8 Å². The first kappa shape index (κ1) is 37.9. The van der Waals surface area contributed by atoms with E-state index in [9.17, 15) is 13.2 Å². The number of para-hydroxylation sites is 1. The number of aliphatic carboxylic acids is 2. The fourth-order valence-electron chi connectivity index (χ4n) is 6.12. The number of rotatable bonds is 7. The summed E-state index contributed by atoms with van der Waals surface area (Å²) in [5, 5.41) is 23.8. The van der Waals surface area contributed by atoms with Crippen LogP contribution in [0.15, 0.2) is 54.9 Å². The van der Waals surface area contributed by atoms with Gasteiger partial charge in [-0.1, -0.05) is 30.3 Å². The molecule has 0 amide bonds. The van der Waals surface area contributed by atoms with Crippen LogP contribution in [0, 0.1) is 0 Å². The number of hydrogen-bond donors (Lipinski definition) is 4. The normalized spacial score (nSPS) is 18.3. The Hall–Kier alpha value is -4.96. The molecule has 0 radical (unpaired) electrons. The van der Waals surface area contributed by atoms with Crippen molar-refractivity contribution in [1.82, 2.24) is 29.5 Å². The van der Waals surface area contributed by atoms with Crippen LogP contribution in [0.3, 0.4) is 0 Å². The Bertz CT molecular complexity index is 1700. The Morgan fingerprint density at radius 2 is 1.50 bits per heavy atom. The predicted molar refractivity (Wildman–Crippen MR) is 183 cm³/mol. The van der Waals surface area contributed by atoms with Crippen LogP contribution in [-0.4, -0.2) is 97.3 Å². The van der Waals surface area contributed by atoms with Gasteiger partial charge in [-0.05, 0) is 50.9 Å². The summed E-state index contributed by atoms with van der Waals surface area (Å²) in [6.07, 6.45) is 1.05. The molecule has 16 heteroatoms. The number of piperazine rings is 1. The van der Waals surface area contributed by atoms with Gasteiger partial charge in [0.15, 0.2) is 5.65 Å². The number of carboxylic acids is 2. The first-order valence-corrected chi connectivity index (χ1v) is 16.2. The number of ether oxygens (including phenoxy) is 1. The van der Waals surface area contributed by atoms with Gasteiger partial charge in [-0.25, -0.2) is 14.6 Å². The zero-order valence-corrected chi connectivity index (χ0v) is 28.2. The highest BCUT2D eigenvalue weighted by Gasteiger charge is 2.32. The zero-order valence-electron chi connectivity index (χ0n) is 28.2. The van der Waals surface area contributed by atoms with Crippen molar-refractivity contribution in [3.8, 4) is 17.0 Å². The van der Waals surface area contributed by atoms with Gasteiger partial charge in [0.2, 0.25) is 0 Å². The summed E-state index contributed by atoms with van der Waals surface area (Å²) >= 11 is 0. The van der Waals surface area contributed by atoms with Crippen LogP contribution in [0.1, 0.15) is 51.1 Å². The number of likely N-dealkylation sites (N-methyl/N-ethyl adjacent to an activating group) is 1. The molecule has 0 spiro atoms. The van der Waals surface area contributed by atoms with Crippen LogP contribution in [0.25, 0.3) is 22.3 Å². The number of benzene rings is 2. The number of nitrogens with two attached hydrogens (primary N) is 1. The molecule has 1 saturated heterocycles. The van der Waals surface area contributed by atoms with Gasteiger partial charge in [0.05, 0.1) is 11.4 Å². The molecule has 2 fully saturated rings. The molecule has 4 aromatic rings. The fraction of sp³-hybridized carbons (Fsp3) is 0.441. The monoisotopic (exact) mass is 700 g/mol. The first-order valence-electron chi connectivity index (χ1n) is 16.2. The van der Waals surface area contributed by atoms with Crippen molar-refractivity contribution in [3.05, 3.63) is 60.4 Å². The van der Waals surface area contributed by atoms with E-state index in [4.69, 9.17) is 30.6 Å². The number of carbonyl (C=O) groups is 2. The molecule has 0 atom stereocenters. The third-order valence-electron chi connectivity index (χ3n) is 8.42. The smallest absolute Gasteiger partial charge is 0.481 e. The van der Waals surface area contributed by atoms with Crippen LogP contribution in [0.2, 0.25) is 0 Å². The van der Waals surface area contributed by atoms with E-state index >= 15 is 0 Å². The Morgan fingerprint density at radius 1 is 0.920 bits per heavy atom. The number of nitrogen functional groups attached to an aromatic ring is 1. The van der Waals surface area contributed by atoms with Crippen molar-refractivity contribution >= 4 is 34.5 Å². The lowest BCUT2D eigenvalue weighted by molar-refractivity contribution is -0.274.